The first-order valence-electron chi connectivity index (χ1n) is 5.39. The van der Waals surface area contributed by atoms with Crippen molar-refractivity contribution in [1.29, 1.82) is 0 Å². The first-order valence-corrected chi connectivity index (χ1v) is 5.77. The Morgan fingerprint density at radius 2 is 1.67 bits per heavy atom. The first kappa shape index (κ1) is 12.4. The average molecular weight is 259 g/mol. The summed E-state index contributed by atoms with van der Waals surface area (Å²) >= 11 is 5.75. The topological polar surface area (TPSA) is 26.3 Å². The maximum Gasteiger partial charge on any atom is 0.343 e. The molecule has 18 heavy (non-hydrogen) atoms. The molecule has 0 unspecified atom stereocenters. The molecule has 0 saturated heterocycles. The molecule has 0 aromatic heterocycles. The molecule has 0 saturated carbocycles. The van der Waals surface area contributed by atoms with Crippen LogP contribution in [0.2, 0.25) is 5.02 Å². The summed E-state index contributed by atoms with van der Waals surface area (Å²) in [5.74, 6) is 0.0959. The summed E-state index contributed by atoms with van der Waals surface area (Å²) in [6.07, 6.45) is 1.73. The normalized spacial score (nSPS) is 9.83. The maximum absolute atomic E-state index is 11.8. The second-order valence-corrected chi connectivity index (χ2v) is 4.11. The quantitative estimate of drug-likeness (QED) is 0.609. The lowest BCUT2D eigenvalue weighted by molar-refractivity contribution is 0.0735. The van der Waals surface area contributed by atoms with Crippen LogP contribution >= 0.6 is 11.6 Å². The van der Waals surface area contributed by atoms with E-state index in [2.05, 4.69) is 6.58 Å². The molecule has 2 nitrogen and oxygen atoms in total. The molecule has 2 aromatic carbocycles. The fourth-order valence-corrected chi connectivity index (χ4v) is 1.55. The van der Waals surface area contributed by atoms with Gasteiger partial charge in [-0.1, -0.05) is 36.4 Å². The van der Waals surface area contributed by atoms with Gasteiger partial charge in [0.1, 0.15) is 5.75 Å². The van der Waals surface area contributed by atoms with Crippen LogP contribution in [0, 0.1) is 0 Å². The number of benzene rings is 2. The van der Waals surface area contributed by atoms with Gasteiger partial charge >= 0.3 is 5.97 Å². The van der Waals surface area contributed by atoms with Crippen LogP contribution in [0.15, 0.2) is 55.1 Å². The van der Waals surface area contributed by atoms with E-state index >= 15 is 0 Å². The standard InChI is InChI=1S/C15H11ClO2/c1-2-11-3-9-14(10-4-11)18-15(17)12-5-7-13(16)8-6-12/h2-10H,1H2. The molecule has 90 valence electrons. The summed E-state index contributed by atoms with van der Waals surface area (Å²) in [6.45, 7) is 3.66. The number of carbonyl (C=O) groups is 1. The largest absolute Gasteiger partial charge is 0.423 e. The van der Waals surface area contributed by atoms with E-state index in [4.69, 9.17) is 16.3 Å². The molecule has 0 aliphatic heterocycles. The van der Waals surface area contributed by atoms with E-state index in [0.717, 1.165) is 5.56 Å². The lowest BCUT2D eigenvalue weighted by atomic mass is 10.2. The van der Waals surface area contributed by atoms with Gasteiger partial charge in [0.25, 0.3) is 0 Å². The molecule has 0 atom stereocenters. The Morgan fingerprint density at radius 3 is 2.22 bits per heavy atom. The van der Waals surface area contributed by atoms with E-state index in [-0.39, 0.29) is 0 Å². The number of hydrogen-bond acceptors (Lipinski definition) is 2. The van der Waals surface area contributed by atoms with Crippen molar-refractivity contribution < 1.29 is 9.53 Å². The molecule has 3 heteroatoms. The molecule has 2 rings (SSSR count). The highest BCUT2D eigenvalue weighted by molar-refractivity contribution is 6.30. The van der Waals surface area contributed by atoms with Gasteiger partial charge in [0.15, 0.2) is 0 Å². The first-order chi connectivity index (χ1) is 8.69. The van der Waals surface area contributed by atoms with Crippen molar-refractivity contribution in [3.8, 4) is 5.75 Å². The highest BCUT2D eigenvalue weighted by Crippen LogP contribution is 2.16. The van der Waals surface area contributed by atoms with E-state index in [1.54, 1.807) is 42.5 Å². The van der Waals surface area contributed by atoms with E-state index in [0.29, 0.717) is 16.3 Å². The predicted molar refractivity (Wildman–Crippen MR) is 72.9 cm³/mol. The van der Waals surface area contributed by atoms with E-state index in [9.17, 15) is 4.79 Å². The fraction of sp³-hybridized carbons (Fsp3) is 0. The van der Waals surface area contributed by atoms with Crippen LogP contribution < -0.4 is 4.74 Å². The molecular weight excluding hydrogens is 248 g/mol. The van der Waals surface area contributed by atoms with Crippen molar-refractivity contribution in [2.24, 2.45) is 0 Å². The van der Waals surface area contributed by atoms with Crippen LogP contribution in [-0.2, 0) is 0 Å². The third kappa shape index (κ3) is 2.99. The molecule has 2 aromatic rings. The van der Waals surface area contributed by atoms with Gasteiger partial charge < -0.3 is 4.74 Å². The maximum atomic E-state index is 11.8. The van der Waals surface area contributed by atoms with Gasteiger partial charge in [0.05, 0.1) is 5.56 Å². The van der Waals surface area contributed by atoms with Crippen molar-refractivity contribution >= 4 is 23.6 Å². The highest BCUT2D eigenvalue weighted by Gasteiger charge is 2.07. The van der Waals surface area contributed by atoms with Crippen molar-refractivity contribution in [2.45, 2.75) is 0 Å². The Labute approximate surface area is 110 Å². The van der Waals surface area contributed by atoms with Crippen molar-refractivity contribution in [3.05, 3.63) is 71.3 Å². The van der Waals surface area contributed by atoms with Crippen LogP contribution in [-0.4, -0.2) is 5.97 Å². The zero-order valence-corrected chi connectivity index (χ0v) is 10.4. The zero-order valence-electron chi connectivity index (χ0n) is 9.60. The Hall–Kier alpha value is -2.06. The Balaban J connectivity index is 2.10. The third-order valence-corrected chi connectivity index (χ3v) is 2.66. The molecule has 0 amide bonds. The summed E-state index contributed by atoms with van der Waals surface area (Å²) in [5, 5.41) is 0.585. The van der Waals surface area contributed by atoms with Crippen LogP contribution in [0.25, 0.3) is 6.08 Å². The SMILES string of the molecule is C=Cc1ccc(OC(=O)c2ccc(Cl)cc2)cc1. The monoisotopic (exact) mass is 258 g/mol. The molecule has 0 aliphatic carbocycles. The smallest absolute Gasteiger partial charge is 0.343 e. The number of halogens is 1. The Kier molecular flexibility index (Phi) is 3.80. The van der Waals surface area contributed by atoms with E-state index in [1.807, 2.05) is 12.1 Å². The van der Waals surface area contributed by atoms with Gasteiger partial charge in [-0.05, 0) is 42.0 Å². The third-order valence-electron chi connectivity index (χ3n) is 2.41. The summed E-state index contributed by atoms with van der Waals surface area (Å²) in [4.78, 5) is 11.8. The minimum atomic E-state index is -0.405. The molecule has 0 fully saturated rings. The number of hydrogen-bond donors (Lipinski definition) is 0. The molecule has 0 radical (unpaired) electrons. The molecule has 0 spiro atoms. The van der Waals surface area contributed by atoms with Gasteiger partial charge in [0, 0.05) is 5.02 Å². The summed E-state index contributed by atoms with van der Waals surface area (Å²) in [6, 6.07) is 13.7. The van der Waals surface area contributed by atoms with Crippen LogP contribution in [0.3, 0.4) is 0 Å². The Bertz CT molecular complexity index is 556. The molecular formula is C15H11ClO2. The van der Waals surface area contributed by atoms with Crippen molar-refractivity contribution in [2.75, 3.05) is 0 Å². The number of carbonyl (C=O) groups excluding carboxylic acids is 1. The van der Waals surface area contributed by atoms with Crippen molar-refractivity contribution in [1.82, 2.24) is 0 Å². The molecule has 0 heterocycles. The predicted octanol–water partition coefficient (Wildman–Crippen LogP) is 4.20. The summed E-state index contributed by atoms with van der Waals surface area (Å²) < 4.78 is 5.22. The van der Waals surface area contributed by atoms with Gasteiger partial charge in [-0.2, -0.15) is 0 Å². The lowest BCUT2D eigenvalue weighted by Gasteiger charge is -2.04. The summed E-state index contributed by atoms with van der Waals surface area (Å²) in [7, 11) is 0. The molecule has 0 N–H and O–H groups in total. The van der Waals surface area contributed by atoms with Crippen LogP contribution in [0.5, 0.6) is 5.75 Å². The minimum Gasteiger partial charge on any atom is -0.423 e. The van der Waals surface area contributed by atoms with Gasteiger partial charge in [0.2, 0.25) is 0 Å². The number of rotatable bonds is 3. The number of ether oxygens (including phenoxy) is 1. The highest BCUT2D eigenvalue weighted by atomic mass is 35.5. The second kappa shape index (κ2) is 5.52. The van der Waals surface area contributed by atoms with E-state index in [1.165, 1.54) is 0 Å². The summed E-state index contributed by atoms with van der Waals surface area (Å²) in [5.41, 5.74) is 1.44. The Morgan fingerprint density at radius 1 is 1.06 bits per heavy atom. The number of esters is 1. The minimum absolute atomic E-state index is 0.405. The molecule has 0 bridgehead atoms. The lowest BCUT2D eigenvalue weighted by Crippen LogP contribution is -2.08. The van der Waals surface area contributed by atoms with Crippen molar-refractivity contribution in [3.63, 3.8) is 0 Å². The second-order valence-electron chi connectivity index (χ2n) is 3.67. The molecule has 0 aliphatic rings. The van der Waals surface area contributed by atoms with Crippen LogP contribution in [0.1, 0.15) is 15.9 Å². The van der Waals surface area contributed by atoms with Crippen LogP contribution in [0.4, 0.5) is 0 Å². The van der Waals surface area contributed by atoms with E-state index < -0.39 is 5.97 Å². The average Bonchev–Trinajstić information content (AvgIpc) is 2.40. The zero-order chi connectivity index (χ0) is 13.0. The fourth-order valence-electron chi connectivity index (χ4n) is 1.42. The van der Waals surface area contributed by atoms with Gasteiger partial charge in [-0.3, -0.25) is 0 Å². The van der Waals surface area contributed by atoms with Gasteiger partial charge in [-0.15, -0.1) is 0 Å². The van der Waals surface area contributed by atoms with Gasteiger partial charge in [-0.25, -0.2) is 4.79 Å².